The first kappa shape index (κ1) is 27.3. The van der Waals surface area contributed by atoms with Crippen molar-refractivity contribution in [3.8, 4) is 0 Å². The molecule has 9 nitrogen and oxygen atoms in total. The molecular weight excluding hydrogens is 482 g/mol. The van der Waals surface area contributed by atoms with Crippen molar-refractivity contribution in [1.29, 1.82) is 0 Å². The zero-order chi connectivity index (χ0) is 26.6. The van der Waals surface area contributed by atoms with Crippen LogP contribution in [0.15, 0.2) is 23.3 Å². The molecule has 0 aromatic rings. The second-order valence-corrected chi connectivity index (χ2v) is 11.7. The van der Waals surface area contributed by atoms with Gasteiger partial charge < -0.3 is 25.6 Å². The zero-order valence-corrected chi connectivity index (χ0v) is 23.0. The van der Waals surface area contributed by atoms with Crippen LogP contribution in [0.5, 0.6) is 0 Å². The summed E-state index contributed by atoms with van der Waals surface area (Å²) in [6, 6.07) is -1.34. The van der Waals surface area contributed by atoms with E-state index in [1.54, 1.807) is 18.9 Å². The molecule has 3 unspecified atom stereocenters. The molecule has 38 heavy (non-hydrogen) atoms. The third-order valence-electron chi connectivity index (χ3n) is 9.39. The van der Waals surface area contributed by atoms with Crippen LogP contribution in [0.1, 0.15) is 64.7 Å². The monoisotopic (exact) mass is 527 g/mol. The van der Waals surface area contributed by atoms with Gasteiger partial charge in [0.2, 0.25) is 17.7 Å². The van der Waals surface area contributed by atoms with E-state index in [0.29, 0.717) is 26.3 Å². The van der Waals surface area contributed by atoms with Crippen molar-refractivity contribution in [3.63, 3.8) is 0 Å². The topological polar surface area (TPSA) is 103 Å². The molecule has 5 aliphatic rings. The molecule has 3 amide bonds. The molecule has 9 heteroatoms. The molecule has 0 aromatic heterocycles. The smallest absolute Gasteiger partial charge is 0.246 e. The van der Waals surface area contributed by atoms with Gasteiger partial charge in [-0.3, -0.25) is 19.3 Å². The number of ether oxygens (including phenoxy) is 1. The van der Waals surface area contributed by atoms with Gasteiger partial charge in [-0.25, -0.2) is 0 Å². The number of nitrogens with one attached hydrogen (secondary N) is 3. The third-order valence-corrected chi connectivity index (χ3v) is 9.39. The lowest BCUT2D eigenvalue weighted by Gasteiger charge is -2.45. The Morgan fingerprint density at radius 3 is 2.66 bits per heavy atom. The molecule has 3 N–H and O–H groups in total. The zero-order valence-electron chi connectivity index (χ0n) is 23.0. The Morgan fingerprint density at radius 2 is 1.87 bits per heavy atom. The van der Waals surface area contributed by atoms with E-state index in [9.17, 15) is 14.4 Å². The molecule has 210 valence electrons. The van der Waals surface area contributed by atoms with Crippen LogP contribution >= 0.6 is 0 Å². The molecule has 0 saturated carbocycles. The number of nitrogens with zero attached hydrogens (tertiary/aromatic N) is 2. The molecule has 3 fully saturated rings. The van der Waals surface area contributed by atoms with Crippen molar-refractivity contribution in [2.75, 3.05) is 39.9 Å². The van der Waals surface area contributed by atoms with Gasteiger partial charge in [0.15, 0.2) is 0 Å². The van der Waals surface area contributed by atoms with Crippen molar-refractivity contribution < 1.29 is 19.1 Å². The highest BCUT2D eigenvalue weighted by Crippen LogP contribution is 2.33. The highest BCUT2D eigenvalue weighted by Gasteiger charge is 2.45. The van der Waals surface area contributed by atoms with Crippen LogP contribution in [0.4, 0.5) is 0 Å². The highest BCUT2D eigenvalue weighted by molar-refractivity contribution is 5.93. The highest BCUT2D eigenvalue weighted by atomic mass is 16.5. The number of fused-ring (bicyclic) bond motifs is 1. The van der Waals surface area contributed by atoms with Gasteiger partial charge in [-0.05, 0) is 89.8 Å². The number of amides is 3. The second-order valence-electron chi connectivity index (χ2n) is 11.7. The molecule has 0 aromatic carbocycles. The second kappa shape index (κ2) is 12.3. The molecule has 5 rings (SSSR count). The Morgan fingerprint density at radius 1 is 1.05 bits per heavy atom. The van der Waals surface area contributed by atoms with E-state index in [1.165, 1.54) is 11.1 Å². The van der Waals surface area contributed by atoms with Crippen molar-refractivity contribution in [3.05, 3.63) is 23.3 Å². The number of hydrogen-bond donors (Lipinski definition) is 3. The molecule has 0 radical (unpaired) electrons. The number of likely N-dealkylation sites (N-methyl/N-ethyl adjacent to an activating group) is 1. The van der Waals surface area contributed by atoms with E-state index >= 15 is 0 Å². The van der Waals surface area contributed by atoms with E-state index in [1.807, 2.05) is 0 Å². The summed E-state index contributed by atoms with van der Waals surface area (Å²) in [5.74, 6) is -0.389. The summed E-state index contributed by atoms with van der Waals surface area (Å²) >= 11 is 0. The van der Waals surface area contributed by atoms with Crippen LogP contribution in [-0.2, 0) is 19.1 Å². The summed E-state index contributed by atoms with van der Waals surface area (Å²) < 4.78 is 5.56. The summed E-state index contributed by atoms with van der Waals surface area (Å²) in [6.45, 7) is 5.02. The Hall–Kier alpha value is -2.23. The van der Waals surface area contributed by atoms with Crippen LogP contribution in [0, 0.1) is 5.92 Å². The van der Waals surface area contributed by atoms with Crippen LogP contribution < -0.4 is 16.0 Å². The van der Waals surface area contributed by atoms with E-state index in [4.69, 9.17) is 4.74 Å². The van der Waals surface area contributed by atoms with Gasteiger partial charge in [-0.15, -0.1) is 0 Å². The summed E-state index contributed by atoms with van der Waals surface area (Å²) in [5, 5.41) is 9.39. The lowest BCUT2D eigenvalue weighted by Crippen LogP contribution is -2.67. The minimum atomic E-state index is -0.657. The molecular formula is C29H45N5O4. The first-order chi connectivity index (χ1) is 18.5. The number of allylic oxidation sites excluding steroid dienone is 2. The Kier molecular flexibility index (Phi) is 8.85. The normalized spacial score (nSPS) is 29.8. The van der Waals surface area contributed by atoms with Gasteiger partial charge in [0, 0.05) is 32.3 Å². The minimum Gasteiger partial charge on any atom is -0.381 e. The van der Waals surface area contributed by atoms with Gasteiger partial charge >= 0.3 is 0 Å². The molecule has 3 saturated heterocycles. The third kappa shape index (κ3) is 5.84. The van der Waals surface area contributed by atoms with E-state index in [0.717, 1.165) is 64.3 Å². The Balaban J connectivity index is 1.37. The fourth-order valence-electron chi connectivity index (χ4n) is 6.96. The fraction of sp³-hybridized carbons (Fsp3) is 0.759. The summed E-state index contributed by atoms with van der Waals surface area (Å²) in [7, 11) is 1.74. The maximum atomic E-state index is 14.3. The number of carbonyl (C=O) groups is 3. The summed E-state index contributed by atoms with van der Waals surface area (Å²) in [4.78, 5) is 45.3. The Bertz CT molecular complexity index is 959. The average Bonchev–Trinajstić information content (AvgIpc) is 3.42. The first-order valence-electron chi connectivity index (χ1n) is 14.7. The maximum absolute atomic E-state index is 14.3. The standard InChI is InChI=1S/C29H45N5O4/c1-19(30-2)27(35)32-26(21-12-15-38-16-13-21)29(37)34-17-22-9-6-14-33(22)18-25(34)28(36)31-24-11-5-8-20-7-3-4-10-23(20)24/h4,10,19,21-22,24-26,30H,3,5-9,11-18H2,1-2H3,(H,31,36)(H,32,35)/t19-,22?,24+,25?,26?/m0/s1. The van der Waals surface area contributed by atoms with E-state index in [2.05, 4.69) is 33.0 Å². The largest absolute Gasteiger partial charge is 0.381 e. The van der Waals surface area contributed by atoms with Crippen molar-refractivity contribution in [2.24, 2.45) is 5.92 Å². The van der Waals surface area contributed by atoms with E-state index in [-0.39, 0.29) is 35.7 Å². The number of carbonyl (C=O) groups excluding carboxylic acids is 3. The van der Waals surface area contributed by atoms with Gasteiger partial charge in [0.1, 0.15) is 12.1 Å². The molecule has 2 aliphatic carbocycles. The Labute approximate surface area is 226 Å². The molecule has 5 atom stereocenters. The molecule has 0 bridgehead atoms. The van der Waals surface area contributed by atoms with Crippen molar-refractivity contribution >= 4 is 17.7 Å². The minimum absolute atomic E-state index is 0.00647. The number of piperazine rings is 1. The maximum Gasteiger partial charge on any atom is 0.246 e. The lowest BCUT2D eigenvalue weighted by molar-refractivity contribution is -0.150. The summed E-state index contributed by atoms with van der Waals surface area (Å²) in [5.41, 5.74) is 2.75. The first-order valence-corrected chi connectivity index (χ1v) is 14.7. The SMILES string of the molecule is CN[C@@H](C)C(=O)NC(C(=O)N1CC2CCCN2CC1C(=O)N[C@@H]1CCCC2=C1C=CCC2)C1CCOCC1. The predicted octanol–water partition coefficient (Wildman–Crippen LogP) is 1.50. The van der Waals surface area contributed by atoms with Gasteiger partial charge in [-0.1, -0.05) is 17.7 Å². The molecule has 0 spiro atoms. The lowest BCUT2D eigenvalue weighted by atomic mass is 9.82. The van der Waals surface area contributed by atoms with Gasteiger partial charge in [0.05, 0.1) is 12.1 Å². The number of rotatable bonds is 7. The van der Waals surface area contributed by atoms with Crippen LogP contribution in [-0.4, -0.2) is 97.6 Å². The van der Waals surface area contributed by atoms with Crippen molar-refractivity contribution in [1.82, 2.24) is 25.8 Å². The summed E-state index contributed by atoms with van der Waals surface area (Å²) in [6.07, 6.45) is 13.3. The van der Waals surface area contributed by atoms with Gasteiger partial charge in [0.25, 0.3) is 0 Å². The number of hydrogen-bond acceptors (Lipinski definition) is 6. The quantitative estimate of drug-likeness (QED) is 0.464. The van der Waals surface area contributed by atoms with E-state index < -0.39 is 18.1 Å². The van der Waals surface area contributed by atoms with Crippen LogP contribution in [0.3, 0.4) is 0 Å². The average molecular weight is 528 g/mol. The predicted molar refractivity (Wildman–Crippen MR) is 145 cm³/mol. The van der Waals surface area contributed by atoms with Crippen LogP contribution in [0.2, 0.25) is 0 Å². The van der Waals surface area contributed by atoms with Crippen LogP contribution in [0.25, 0.3) is 0 Å². The van der Waals surface area contributed by atoms with Gasteiger partial charge in [-0.2, -0.15) is 0 Å². The molecule has 3 heterocycles. The molecule has 3 aliphatic heterocycles. The van der Waals surface area contributed by atoms with Crippen molar-refractivity contribution in [2.45, 2.75) is 94.9 Å². The fourth-order valence-corrected chi connectivity index (χ4v) is 6.96.